The minimum Gasteiger partial charge on any atom is -0.492 e. The topological polar surface area (TPSA) is 47.6 Å². The predicted molar refractivity (Wildman–Crippen MR) is 113 cm³/mol. The molecule has 0 unspecified atom stereocenters. The van der Waals surface area contributed by atoms with Gasteiger partial charge in [0, 0.05) is 5.39 Å². The van der Waals surface area contributed by atoms with Crippen molar-refractivity contribution in [3.05, 3.63) is 71.8 Å². The van der Waals surface area contributed by atoms with Crippen molar-refractivity contribution < 1.29 is 14.3 Å². The van der Waals surface area contributed by atoms with Crippen molar-refractivity contribution in [2.24, 2.45) is 0 Å². The standard InChI is InChI=1S/C24H27NO3/c1-4-22(28-23-11-7-9-19-8-5-6-10-21(19)23)24(26)25-12-13-27-20-15-17(2)14-18(3)16-20/h5-11,14-16,22H,4,12-13H2,1-3H3,(H,25,26)/t22-/m1/s1. The van der Waals surface area contributed by atoms with Crippen molar-refractivity contribution in [3.8, 4) is 11.5 Å². The van der Waals surface area contributed by atoms with Crippen LogP contribution in [0.4, 0.5) is 0 Å². The van der Waals surface area contributed by atoms with E-state index in [1.165, 1.54) is 0 Å². The lowest BCUT2D eigenvalue weighted by atomic mass is 10.1. The van der Waals surface area contributed by atoms with Gasteiger partial charge in [-0.25, -0.2) is 0 Å². The van der Waals surface area contributed by atoms with E-state index in [2.05, 4.69) is 11.4 Å². The van der Waals surface area contributed by atoms with E-state index < -0.39 is 6.10 Å². The molecule has 28 heavy (non-hydrogen) atoms. The summed E-state index contributed by atoms with van der Waals surface area (Å²) in [5.74, 6) is 1.43. The third-order valence-corrected chi connectivity index (χ3v) is 4.55. The van der Waals surface area contributed by atoms with E-state index >= 15 is 0 Å². The number of nitrogens with one attached hydrogen (secondary N) is 1. The number of ether oxygens (including phenoxy) is 2. The minimum atomic E-state index is -0.535. The first-order chi connectivity index (χ1) is 13.6. The third-order valence-electron chi connectivity index (χ3n) is 4.55. The first-order valence-electron chi connectivity index (χ1n) is 9.70. The Hall–Kier alpha value is -3.01. The minimum absolute atomic E-state index is 0.126. The molecule has 0 aliphatic heterocycles. The lowest BCUT2D eigenvalue weighted by Gasteiger charge is -2.18. The Kier molecular flexibility index (Phi) is 6.53. The lowest BCUT2D eigenvalue weighted by Crippen LogP contribution is -2.39. The summed E-state index contributed by atoms with van der Waals surface area (Å²) < 4.78 is 11.8. The molecule has 1 N–H and O–H groups in total. The monoisotopic (exact) mass is 377 g/mol. The average molecular weight is 377 g/mol. The van der Waals surface area contributed by atoms with Crippen molar-refractivity contribution in [1.82, 2.24) is 5.32 Å². The van der Waals surface area contributed by atoms with Crippen molar-refractivity contribution in [1.29, 1.82) is 0 Å². The highest BCUT2D eigenvalue weighted by Gasteiger charge is 2.18. The van der Waals surface area contributed by atoms with E-state index in [1.807, 2.05) is 75.4 Å². The fourth-order valence-electron chi connectivity index (χ4n) is 3.25. The van der Waals surface area contributed by atoms with Gasteiger partial charge in [0.05, 0.1) is 6.54 Å². The molecule has 3 aromatic rings. The molecule has 0 radical (unpaired) electrons. The molecule has 4 heteroatoms. The highest BCUT2D eigenvalue weighted by molar-refractivity contribution is 5.89. The van der Waals surface area contributed by atoms with Crippen molar-refractivity contribution >= 4 is 16.7 Å². The van der Waals surface area contributed by atoms with Gasteiger partial charge in [-0.3, -0.25) is 4.79 Å². The van der Waals surface area contributed by atoms with E-state index in [0.29, 0.717) is 19.6 Å². The first kappa shape index (κ1) is 19.7. The second-order valence-corrected chi connectivity index (χ2v) is 6.95. The van der Waals surface area contributed by atoms with Crippen LogP contribution in [0.5, 0.6) is 11.5 Å². The van der Waals surface area contributed by atoms with Crippen LogP contribution in [0.25, 0.3) is 10.8 Å². The summed E-state index contributed by atoms with van der Waals surface area (Å²) in [5, 5.41) is 5.02. The zero-order valence-electron chi connectivity index (χ0n) is 16.7. The summed E-state index contributed by atoms with van der Waals surface area (Å²) in [6.07, 6.45) is 0.0551. The molecule has 0 bridgehead atoms. The number of aryl methyl sites for hydroxylation is 2. The highest BCUT2D eigenvalue weighted by Crippen LogP contribution is 2.26. The van der Waals surface area contributed by atoms with E-state index in [4.69, 9.17) is 9.47 Å². The summed E-state index contributed by atoms with van der Waals surface area (Å²) in [7, 11) is 0. The van der Waals surface area contributed by atoms with Crippen LogP contribution < -0.4 is 14.8 Å². The number of fused-ring (bicyclic) bond motifs is 1. The van der Waals surface area contributed by atoms with Crippen molar-refractivity contribution in [2.75, 3.05) is 13.2 Å². The average Bonchev–Trinajstić information content (AvgIpc) is 2.68. The molecular weight excluding hydrogens is 350 g/mol. The Morgan fingerprint density at radius 3 is 2.46 bits per heavy atom. The maximum absolute atomic E-state index is 12.5. The molecule has 1 atom stereocenters. The number of rotatable bonds is 8. The number of hydrogen-bond acceptors (Lipinski definition) is 3. The Morgan fingerprint density at radius 2 is 1.71 bits per heavy atom. The molecule has 0 saturated carbocycles. The molecule has 0 spiro atoms. The largest absolute Gasteiger partial charge is 0.492 e. The summed E-state index contributed by atoms with van der Waals surface area (Å²) in [4.78, 5) is 12.5. The van der Waals surface area contributed by atoms with Gasteiger partial charge in [-0.15, -0.1) is 0 Å². The molecule has 146 valence electrons. The molecule has 0 aliphatic rings. The van der Waals surface area contributed by atoms with E-state index in [-0.39, 0.29) is 5.91 Å². The van der Waals surface area contributed by atoms with E-state index in [0.717, 1.165) is 33.4 Å². The molecule has 0 aromatic heterocycles. The fourth-order valence-corrected chi connectivity index (χ4v) is 3.25. The Balaban J connectivity index is 1.55. The van der Waals surface area contributed by atoms with Gasteiger partial charge < -0.3 is 14.8 Å². The number of carbonyl (C=O) groups is 1. The van der Waals surface area contributed by atoms with Gasteiger partial charge in [0.15, 0.2) is 6.10 Å². The molecule has 0 aliphatic carbocycles. The number of benzene rings is 3. The maximum atomic E-state index is 12.5. The molecule has 4 nitrogen and oxygen atoms in total. The second-order valence-electron chi connectivity index (χ2n) is 6.95. The number of hydrogen-bond donors (Lipinski definition) is 1. The summed E-state index contributed by atoms with van der Waals surface area (Å²) in [6.45, 7) is 6.87. The summed E-state index contributed by atoms with van der Waals surface area (Å²) in [6, 6.07) is 20.0. The predicted octanol–water partition coefficient (Wildman–Crippen LogP) is 4.81. The van der Waals surface area contributed by atoms with E-state index in [1.54, 1.807) is 0 Å². The SMILES string of the molecule is CC[C@@H](Oc1cccc2ccccc12)C(=O)NCCOc1cc(C)cc(C)c1. The van der Waals surface area contributed by atoms with Gasteiger partial charge in [0.1, 0.15) is 18.1 Å². The fraction of sp³-hybridized carbons (Fsp3) is 0.292. The molecule has 0 heterocycles. The van der Waals surface area contributed by atoms with Crippen molar-refractivity contribution in [3.63, 3.8) is 0 Å². The first-order valence-corrected chi connectivity index (χ1v) is 9.70. The smallest absolute Gasteiger partial charge is 0.261 e. The van der Waals surface area contributed by atoms with Gasteiger partial charge in [-0.05, 0) is 55.0 Å². The van der Waals surface area contributed by atoms with Gasteiger partial charge in [0.25, 0.3) is 5.91 Å². The van der Waals surface area contributed by atoms with Crippen LogP contribution in [0, 0.1) is 13.8 Å². The van der Waals surface area contributed by atoms with Crippen LogP contribution >= 0.6 is 0 Å². The van der Waals surface area contributed by atoms with Crippen LogP contribution in [-0.2, 0) is 4.79 Å². The highest BCUT2D eigenvalue weighted by atomic mass is 16.5. The van der Waals surface area contributed by atoms with Crippen LogP contribution in [0.1, 0.15) is 24.5 Å². The Labute approximate surface area is 166 Å². The Morgan fingerprint density at radius 1 is 1.00 bits per heavy atom. The van der Waals surface area contributed by atoms with Crippen LogP contribution in [0.2, 0.25) is 0 Å². The van der Waals surface area contributed by atoms with Crippen LogP contribution in [0.3, 0.4) is 0 Å². The maximum Gasteiger partial charge on any atom is 0.261 e. The number of amides is 1. The molecule has 3 aromatic carbocycles. The third kappa shape index (κ3) is 5.03. The van der Waals surface area contributed by atoms with Gasteiger partial charge in [-0.2, -0.15) is 0 Å². The van der Waals surface area contributed by atoms with Gasteiger partial charge in [0.2, 0.25) is 0 Å². The normalized spacial score (nSPS) is 11.8. The van der Waals surface area contributed by atoms with Gasteiger partial charge in [-0.1, -0.05) is 49.4 Å². The molecule has 0 fully saturated rings. The number of carbonyl (C=O) groups excluding carboxylic acids is 1. The summed E-state index contributed by atoms with van der Waals surface area (Å²) in [5.41, 5.74) is 2.32. The van der Waals surface area contributed by atoms with Crippen molar-refractivity contribution in [2.45, 2.75) is 33.3 Å². The molecule has 1 amide bonds. The van der Waals surface area contributed by atoms with Crippen LogP contribution in [0.15, 0.2) is 60.7 Å². The zero-order chi connectivity index (χ0) is 19.9. The lowest BCUT2D eigenvalue weighted by molar-refractivity contribution is -0.128. The molecular formula is C24H27NO3. The van der Waals surface area contributed by atoms with E-state index in [9.17, 15) is 4.79 Å². The van der Waals surface area contributed by atoms with Gasteiger partial charge >= 0.3 is 0 Å². The summed E-state index contributed by atoms with van der Waals surface area (Å²) >= 11 is 0. The molecule has 0 saturated heterocycles. The second kappa shape index (κ2) is 9.27. The Bertz CT molecular complexity index is 926. The quantitative estimate of drug-likeness (QED) is 0.573. The zero-order valence-corrected chi connectivity index (χ0v) is 16.7. The molecule has 3 rings (SSSR count). The van der Waals surface area contributed by atoms with Crippen LogP contribution in [-0.4, -0.2) is 25.2 Å².